The molecule has 0 spiro atoms. The number of rotatable bonds is 10. The molecule has 2 N–H and O–H groups in total. The van der Waals surface area contributed by atoms with Gasteiger partial charge < -0.3 is 15.3 Å². The summed E-state index contributed by atoms with van der Waals surface area (Å²) in [4.78, 5) is 35.7. The van der Waals surface area contributed by atoms with E-state index >= 15 is 0 Å². The number of aliphatic carboxylic acids is 1. The number of unbranched alkanes of at least 4 members (excludes halogenated alkanes) is 1. The second-order valence-electron chi connectivity index (χ2n) is 4.90. The highest BCUT2D eigenvalue weighted by atomic mass is 32.2. The van der Waals surface area contributed by atoms with Gasteiger partial charge in [0, 0.05) is 20.0 Å². The maximum absolute atomic E-state index is 12.4. The molecule has 0 aromatic heterocycles. The molecule has 0 bridgehead atoms. The molecule has 0 aromatic carbocycles. The lowest BCUT2D eigenvalue weighted by molar-refractivity contribution is -0.149. The number of nitrogens with one attached hydrogen (secondary N) is 1. The zero-order chi connectivity index (χ0) is 16.4. The minimum Gasteiger partial charge on any atom is -0.480 e. The Bertz CT molecular complexity index is 363. The second kappa shape index (κ2) is 10.5. The Morgan fingerprint density at radius 2 is 1.90 bits per heavy atom. The Labute approximate surface area is 130 Å². The summed E-state index contributed by atoms with van der Waals surface area (Å²) in [6.45, 7) is 7.20. The lowest BCUT2D eigenvalue weighted by atomic mass is 10.2. The van der Waals surface area contributed by atoms with Gasteiger partial charge in [0.15, 0.2) is 0 Å². The highest BCUT2D eigenvalue weighted by Gasteiger charge is 2.28. The van der Waals surface area contributed by atoms with Gasteiger partial charge in [-0.3, -0.25) is 9.59 Å². The van der Waals surface area contributed by atoms with Crippen LogP contribution in [0.25, 0.3) is 0 Å². The third-order valence-corrected chi connectivity index (χ3v) is 4.27. The van der Waals surface area contributed by atoms with E-state index < -0.39 is 12.0 Å². The van der Waals surface area contributed by atoms with E-state index in [1.54, 1.807) is 6.92 Å². The molecule has 0 heterocycles. The minimum atomic E-state index is -1.04. The Morgan fingerprint density at radius 3 is 2.38 bits per heavy atom. The van der Waals surface area contributed by atoms with Gasteiger partial charge in [-0.2, -0.15) is 0 Å². The number of nitrogens with zero attached hydrogens (tertiary/aromatic N) is 1. The topological polar surface area (TPSA) is 86.7 Å². The fourth-order valence-corrected chi connectivity index (χ4v) is 2.78. The van der Waals surface area contributed by atoms with Gasteiger partial charge in [0.2, 0.25) is 11.8 Å². The van der Waals surface area contributed by atoms with E-state index in [4.69, 9.17) is 5.11 Å². The van der Waals surface area contributed by atoms with Crippen molar-refractivity contribution in [3.05, 3.63) is 0 Å². The molecular formula is C14H26N2O4S. The molecule has 0 rings (SSSR count). The van der Waals surface area contributed by atoms with Crippen LogP contribution in [0.15, 0.2) is 0 Å². The molecule has 2 unspecified atom stereocenters. The average molecular weight is 318 g/mol. The maximum atomic E-state index is 12.4. The molecule has 0 radical (unpaired) electrons. The van der Waals surface area contributed by atoms with Crippen molar-refractivity contribution in [2.75, 3.05) is 18.8 Å². The fraction of sp³-hybridized carbons (Fsp3) is 0.786. The van der Waals surface area contributed by atoms with Gasteiger partial charge >= 0.3 is 5.97 Å². The summed E-state index contributed by atoms with van der Waals surface area (Å²) in [5.41, 5.74) is 0. The monoisotopic (exact) mass is 318 g/mol. The summed E-state index contributed by atoms with van der Waals surface area (Å²) < 4.78 is 0. The number of thioether (sulfide) groups is 1. The van der Waals surface area contributed by atoms with E-state index in [2.05, 4.69) is 12.2 Å². The minimum absolute atomic E-state index is 0.198. The van der Waals surface area contributed by atoms with Crippen LogP contribution in [0.3, 0.4) is 0 Å². The lowest BCUT2D eigenvalue weighted by Crippen LogP contribution is -2.49. The summed E-state index contributed by atoms with van der Waals surface area (Å²) in [7, 11) is 0. The molecule has 0 aliphatic carbocycles. The van der Waals surface area contributed by atoms with E-state index in [-0.39, 0.29) is 30.2 Å². The van der Waals surface area contributed by atoms with E-state index in [1.807, 2.05) is 0 Å². The van der Waals surface area contributed by atoms with Gasteiger partial charge in [-0.15, -0.1) is 11.8 Å². The second-order valence-corrected chi connectivity index (χ2v) is 6.34. The van der Waals surface area contributed by atoms with Crippen LogP contribution >= 0.6 is 11.8 Å². The first-order chi connectivity index (χ1) is 9.81. The van der Waals surface area contributed by atoms with Gasteiger partial charge in [-0.25, -0.2) is 4.79 Å². The van der Waals surface area contributed by atoms with Gasteiger partial charge in [-0.1, -0.05) is 13.3 Å². The van der Waals surface area contributed by atoms with Gasteiger partial charge in [0.25, 0.3) is 0 Å². The number of carbonyl (C=O) groups excluding carboxylic acids is 2. The van der Waals surface area contributed by atoms with Crippen molar-refractivity contribution in [3.8, 4) is 0 Å². The Morgan fingerprint density at radius 1 is 1.29 bits per heavy atom. The van der Waals surface area contributed by atoms with Crippen molar-refractivity contribution in [1.82, 2.24) is 10.2 Å². The zero-order valence-corrected chi connectivity index (χ0v) is 14.0. The van der Waals surface area contributed by atoms with E-state index in [1.165, 1.54) is 30.5 Å². The summed E-state index contributed by atoms with van der Waals surface area (Å²) in [5.74, 6) is -0.561. The molecule has 0 saturated carbocycles. The van der Waals surface area contributed by atoms with Crippen molar-refractivity contribution in [3.63, 3.8) is 0 Å². The highest BCUT2D eigenvalue weighted by molar-refractivity contribution is 8.00. The van der Waals surface area contributed by atoms with E-state index in [0.717, 1.165) is 18.6 Å². The molecule has 0 aromatic rings. The smallest absolute Gasteiger partial charge is 0.326 e. The molecule has 21 heavy (non-hydrogen) atoms. The number of carboxylic acid groups (broad SMARTS) is 1. The van der Waals surface area contributed by atoms with E-state index in [9.17, 15) is 14.4 Å². The van der Waals surface area contributed by atoms with Crippen LogP contribution in [0.5, 0.6) is 0 Å². The quantitative estimate of drug-likeness (QED) is 0.594. The van der Waals surface area contributed by atoms with Gasteiger partial charge in [-0.05, 0) is 26.0 Å². The van der Waals surface area contributed by atoms with Crippen LogP contribution in [0, 0.1) is 0 Å². The number of hydrogen-bond acceptors (Lipinski definition) is 4. The van der Waals surface area contributed by atoms with Crippen LogP contribution in [-0.2, 0) is 14.4 Å². The predicted octanol–water partition coefficient (Wildman–Crippen LogP) is 1.35. The van der Waals surface area contributed by atoms with Crippen molar-refractivity contribution in [1.29, 1.82) is 0 Å². The van der Waals surface area contributed by atoms with Crippen LogP contribution in [0.2, 0.25) is 0 Å². The molecule has 0 fully saturated rings. The number of carboxylic acids is 1. The van der Waals surface area contributed by atoms with Gasteiger partial charge in [0.05, 0.1) is 5.25 Å². The molecule has 0 aliphatic rings. The van der Waals surface area contributed by atoms with Crippen molar-refractivity contribution in [2.24, 2.45) is 0 Å². The maximum Gasteiger partial charge on any atom is 0.326 e. The molecule has 0 aliphatic heterocycles. The van der Waals surface area contributed by atoms with Crippen molar-refractivity contribution in [2.45, 2.75) is 51.8 Å². The molecule has 7 heteroatoms. The first kappa shape index (κ1) is 19.8. The average Bonchev–Trinajstić information content (AvgIpc) is 2.42. The number of hydrogen-bond donors (Lipinski definition) is 2. The molecular weight excluding hydrogens is 292 g/mol. The summed E-state index contributed by atoms with van der Waals surface area (Å²) in [6, 6.07) is -0.902. The highest BCUT2D eigenvalue weighted by Crippen LogP contribution is 2.16. The van der Waals surface area contributed by atoms with Crippen LogP contribution in [-0.4, -0.2) is 57.9 Å². The van der Waals surface area contributed by atoms with Gasteiger partial charge in [0.1, 0.15) is 6.04 Å². The largest absolute Gasteiger partial charge is 0.480 e. The SMILES string of the molecule is CCCCSC(C)C(=O)N(CCNC(C)=O)C(C)C(=O)O. The van der Waals surface area contributed by atoms with Crippen LogP contribution < -0.4 is 5.32 Å². The molecule has 2 atom stereocenters. The Kier molecular flexibility index (Phi) is 9.86. The van der Waals surface area contributed by atoms with Crippen LogP contribution in [0.4, 0.5) is 0 Å². The molecule has 122 valence electrons. The first-order valence-corrected chi connectivity index (χ1v) is 8.25. The standard InChI is InChI=1S/C14H26N2O4S/c1-5-6-9-21-11(3)13(18)16(10(2)14(19)20)8-7-15-12(4)17/h10-11H,5-9H2,1-4H3,(H,15,17)(H,19,20). The lowest BCUT2D eigenvalue weighted by Gasteiger charge is -2.29. The molecule has 2 amide bonds. The normalized spacial score (nSPS) is 13.3. The summed E-state index contributed by atoms with van der Waals surface area (Å²) in [6.07, 6.45) is 2.09. The molecule has 0 saturated heterocycles. The summed E-state index contributed by atoms with van der Waals surface area (Å²) >= 11 is 1.53. The Balaban J connectivity index is 4.64. The van der Waals surface area contributed by atoms with Crippen molar-refractivity contribution >= 4 is 29.5 Å². The van der Waals surface area contributed by atoms with E-state index in [0.29, 0.717) is 0 Å². The van der Waals surface area contributed by atoms with Crippen LogP contribution in [0.1, 0.15) is 40.5 Å². The third kappa shape index (κ3) is 7.94. The predicted molar refractivity (Wildman–Crippen MR) is 84.3 cm³/mol. The summed E-state index contributed by atoms with van der Waals surface area (Å²) in [5, 5.41) is 11.4. The fourth-order valence-electron chi connectivity index (χ4n) is 1.69. The van der Waals surface area contributed by atoms with Crippen molar-refractivity contribution < 1.29 is 19.5 Å². The third-order valence-electron chi connectivity index (χ3n) is 3.05. The number of amides is 2. The zero-order valence-electron chi connectivity index (χ0n) is 13.2. The first-order valence-electron chi connectivity index (χ1n) is 7.20. The molecule has 6 nitrogen and oxygen atoms in total. The Hall–Kier alpha value is -1.24. The number of carbonyl (C=O) groups is 3.